The molecule has 0 N–H and O–H groups in total. The van der Waals surface area contributed by atoms with Crippen molar-refractivity contribution >= 4 is 19.8 Å². The molecule has 0 saturated heterocycles. The largest absolute Gasteiger partial charge is 0.756 e. The van der Waals surface area contributed by atoms with E-state index in [1.807, 2.05) is 21.1 Å². The van der Waals surface area contributed by atoms with Crippen LogP contribution in [0.1, 0.15) is 168 Å². The Hall–Kier alpha value is -1.77. The molecule has 0 rings (SSSR count). The molecule has 0 radical (unpaired) electrons. The molecule has 52 heavy (non-hydrogen) atoms. The lowest BCUT2D eigenvalue weighted by molar-refractivity contribution is -0.870. The van der Waals surface area contributed by atoms with Crippen LogP contribution in [0.15, 0.2) is 36.5 Å². The van der Waals surface area contributed by atoms with E-state index in [1.165, 1.54) is 83.5 Å². The van der Waals surface area contributed by atoms with Crippen LogP contribution in [0.3, 0.4) is 0 Å². The summed E-state index contributed by atoms with van der Waals surface area (Å²) >= 11 is 0. The van der Waals surface area contributed by atoms with Gasteiger partial charge in [-0.2, -0.15) is 0 Å². The van der Waals surface area contributed by atoms with Crippen molar-refractivity contribution in [1.82, 2.24) is 0 Å². The number of hydrogen-bond acceptors (Lipinski definition) is 8. The van der Waals surface area contributed by atoms with E-state index in [1.54, 1.807) is 0 Å². The fourth-order valence-electron chi connectivity index (χ4n) is 5.37. The Labute approximate surface area is 319 Å². The Balaban J connectivity index is 4.47. The number of allylic oxidation sites excluding steroid dienone is 6. The van der Waals surface area contributed by atoms with Gasteiger partial charge in [0.15, 0.2) is 6.10 Å². The van der Waals surface area contributed by atoms with Gasteiger partial charge in [0.2, 0.25) is 0 Å². The summed E-state index contributed by atoms with van der Waals surface area (Å²) in [5.74, 6) is -0.878. The van der Waals surface area contributed by atoms with Gasteiger partial charge in [0.25, 0.3) is 7.82 Å². The van der Waals surface area contributed by atoms with Crippen LogP contribution in [-0.4, -0.2) is 70.0 Å². The topological polar surface area (TPSA) is 111 Å². The van der Waals surface area contributed by atoms with Crippen molar-refractivity contribution in [2.45, 2.75) is 174 Å². The number of ether oxygens (including phenoxy) is 2. The smallest absolute Gasteiger partial charge is 0.306 e. The molecule has 0 amide bonds. The highest BCUT2D eigenvalue weighted by Crippen LogP contribution is 2.38. The number of esters is 2. The van der Waals surface area contributed by atoms with E-state index in [4.69, 9.17) is 18.5 Å². The van der Waals surface area contributed by atoms with Gasteiger partial charge >= 0.3 is 11.9 Å². The number of carbonyl (C=O) groups excluding carboxylic acids is 2. The molecule has 0 heterocycles. The predicted molar refractivity (Wildman–Crippen MR) is 213 cm³/mol. The third kappa shape index (κ3) is 38.0. The Morgan fingerprint density at radius 1 is 0.596 bits per heavy atom. The molecule has 0 spiro atoms. The van der Waals surface area contributed by atoms with Crippen LogP contribution in [0.25, 0.3) is 0 Å². The second-order valence-electron chi connectivity index (χ2n) is 15.0. The zero-order valence-corrected chi connectivity index (χ0v) is 34.9. The zero-order valence-electron chi connectivity index (χ0n) is 34.0. The highest BCUT2D eigenvalue weighted by atomic mass is 31.2. The van der Waals surface area contributed by atoms with Gasteiger partial charge in [0.05, 0.1) is 27.7 Å². The van der Waals surface area contributed by atoms with E-state index in [-0.39, 0.29) is 26.1 Å². The molecule has 2 atom stereocenters. The number of rotatable bonds is 37. The molecule has 9 nitrogen and oxygen atoms in total. The summed E-state index contributed by atoms with van der Waals surface area (Å²) in [6, 6.07) is 0. The van der Waals surface area contributed by atoms with E-state index >= 15 is 0 Å². The van der Waals surface area contributed by atoms with Gasteiger partial charge < -0.3 is 27.9 Å². The normalized spacial score (nSPS) is 14.0. The van der Waals surface area contributed by atoms with Gasteiger partial charge in [0.1, 0.15) is 19.8 Å². The summed E-state index contributed by atoms with van der Waals surface area (Å²) in [5, 5.41) is 0. The molecule has 0 aliphatic heterocycles. The van der Waals surface area contributed by atoms with E-state index in [9.17, 15) is 19.0 Å². The molecular weight excluding hydrogens is 677 g/mol. The number of likely N-dealkylation sites (N-methyl/N-ethyl adjacent to an activating group) is 1. The molecule has 0 aromatic rings. The van der Waals surface area contributed by atoms with Crippen LogP contribution in [0.2, 0.25) is 0 Å². The Morgan fingerprint density at radius 2 is 1.04 bits per heavy atom. The maximum absolute atomic E-state index is 12.6. The Morgan fingerprint density at radius 3 is 1.58 bits per heavy atom. The van der Waals surface area contributed by atoms with Crippen LogP contribution in [0.5, 0.6) is 0 Å². The second-order valence-corrected chi connectivity index (χ2v) is 16.4. The summed E-state index contributed by atoms with van der Waals surface area (Å²) in [7, 11) is 1.14. The fourth-order valence-corrected chi connectivity index (χ4v) is 6.09. The van der Waals surface area contributed by atoms with Crippen LogP contribution >= 0.6 is 7.82 Å². The first kappa shape index (κ1) is 50.2. The number of phosphoric ester groups is 1. The van der Waals surface area contributed by atoms with Gasteiger partial charge in [-0.3, -0.25) is 14.2 Å². The maximum Gasteiger partial charge on any atom is 0.306 e. The zero-order chi connectivity index (χ0) is 38.6. The third-order valence-electron chi connectivity index (χ3n) is 8.66. The van der Waals surface area contributed by atoms with Gasteiger partial charge in [-0.15, -0.1) is 0 Å². The molecule has 0 aliphatic rings. The third-order valence-corrected chi connectivity index (χ3v) is 9.63. The summed E-state index contributed by atoms with van der Waals surface area (Å²) in [6.45, 7) is 4.14. The molecular formula is C42H78NO8P. The Bertz CT molecular complexity index is 991. The fraction of sp³-hybridized carbons (Fsp3) is 0.810. The van der Waals surface area contributed by atoms with Crippen molar-refractivity contribution in [1.29, 1.82) is 0 Å². The first-order chi connectivity index (χ1) is 25.0. The molecule has 0 fully saturated rings. The van der Waals surface area contributed by atoms with E-state index < -0.39 is 32.5 Å². The summed E-state index contributed by atoms with van der Waals surface area (Å²) in [5.41, 5.74) is 0. The van der Waals surface area contributed by atoms with Crippen LogP contribution in [0, 0.1) is 0 Å². The molecule has 0 aliphatic carbocycles. The average Bonchev–Trinajstić information content (AvgIpc) is 3.09. The van der Waals surface area contributed by atoms with E-state index in [2.05, 4.69) is 50.3 Å². The minimum absolute atomic E-state index is 0.0376. The SMILES string of the molecule is CCCCC/C=C\C/C=C\C/C=C\CCCCC(=O)O[C@H](COC(=O)CCCCCCCCCCCCCCC)COP(=O)([O-])OCC[N+](C)(C)C. The molecule has 0 bridgehead atoms. The standard InChI is InChI=1S/C42H78NO8P/c1-6-8-10-12-14-16-18-20-21-23-25-27-29-31-33-35-42(45)51-40(39-50-52(46,47)49-37-36-43(3,4)5)38-48-41(44)34-32-30-28-26-24-22-19-17-15-13-11-9-7-2/h14,16,20-21,25,27,40H,6-13,15,17-19,22-24,26,28-39H2,1-5H3/b16-14-,21-20-,27-25-/t40-/m1/s1. The van der Waals surface area contributed by atoms with Crippen LogP contribution in [-0.2, 0) is 32.7 Å². The average molecular weight is 756 g/mol. The molecule has 304 valence electrons. The summed E-state index contributed by atoms with van der Waals surface area (Å²) in [6.07, 6.45) is 37.4. The second kappa shape index (κ2) is 35.0. The lowest BCUT2D eigenvalue weighted by Crippen LogP contribution is -2.37. The summed E-state index contributed by atoms with van der Waals surface area (Å²) in [4.78, 5) is 37.4. The molecule has 10 heteroatoms. The number of nitrogens with zero attached hydrogens (tertiary/aromatic N) is 1. The van der Waals surface area contributed by atoms with Gasteiger partial charge in [0, 0.05) is 12.8 Å². The number of quaternary nitrogens is 1. The van der Waals surface area contributed by atoms with Gasteiger partial charge in [-0.05, 0) is 51.4 Å². The minimum atomic E-state index is -4.63. The number of carbonyl (C=O) groups is 2. The molecule has 1 unspecified atom stereocenters. The van der Waals surface area contributed by atoms with E-state index in [0.717, 1.165) is 51.4 Å². The van der Waals surface area contributed by atoms with Crippen LogP contribution in [0.4, 0.5) is 0 Å². The molecule has 0 saturated carbocycles. The molecule has 0 aromatic carbocycles. The lowest BCUT2D eigenvalue weighted by Gasteiger charge is -2.28. The highest BCUT2D eigenvalue weighted by molar-refractivity contribution is 7.45. The van der Waals surface area contributed by atoms with Crippen molar-refractivity contribution < 1.29 is 42.1 Å². The van der Waals surface area contributed by atoms with Gasteiger partial charge in [-0.25, -0.2) is 0 Å². The van der Waals surface area contributed by atoms with E-state index in [0.29, 0.717) is 17.4 Å². The number of unbranched alkanes of at least 4 members (excludes halogenated alkanes) is 17. The number of hydrogen-bond donors (Lipinski definition) is 0. The number of phosphoric acid groups is 1. The minimum Gasteiger partial charge on any atom is -0.756 e. The van der Waals surface area contributed by atoms with Gasteiger partial charge in [-0.1, -0.05) is 140 Å². The first-order valence-electron chi connectivity index (χ1n) is 20.7. The van der Waals surface area contributed by atoms with Crippen molar-refractivity contribution in [3.8, 4) is 0 Å². The quantitative estimate of drug-likeness (QED) is 0.0203. The Kier molecular flexibility index (Phi) is 33.8. The summed E-state index contributed by atoms with van der Waals surface area (Å²) < 4.78 is 33.8. The van der Waals surface area contributed by atoms with Crippen LogP contribution < -0.4 is 4.89 Å². The monoisotopic (exact) mass is 756 g/mol. The highest BCUT2D eigenvalue weighted by Gasteiger charge is 2.21. The van der Waals surface area contributed by atoms with Crippen molar-refractivity contribution in [3.05, 3.63) is 36.5 Å². The maximum atomic E-state index is 12.6. The predicted octanol–water partition coefficient (Wildman–Crippen LogP) is 10.7. The molecule has 0 aromatic heterocycles. The lowest BCUT2D eigenvalue weighted by atomic mass is 10.0. The van der Waals surface area contributed by atoms with Crippen molar-refractivity contribution in [2.24, 2.45) is 0 Å². The van der Waals surface area contributed by atoms with Crippen molar-refractivity contribution in [3.63, 3.8) is 0 Å². The van der Waals surface area contributed by atoms with Crippen molar-refractivity contribution in [2.75, 3.05) is 47.5 Å². The first-order valence-corrected chi connectivity index (χ1v) is 22.2.